The summed E-state index contributed by atoms with van der Waals surface area (Å²) >= 11 is 0. The van der Waals surface area contributed by atoms with E-state index in [9.17, 15) is 10.2 Å². The van der Waals surface area contributed by atoms with Gasteiger partial charge in [-0.25, -0.2) is 0 Å². The topological polar surface area (TPSA) is 40.5 Å². The lowest BCUT2D eigenvalue weighted by Crippen LogP contribution is -2.31. The van der Waals surface area contributed by atoms with Gasteiger partial charge in [-0.15, -0.1) is 0 Å². The van der Waals surface area contributed by atoms with Crippen molar-refractivity contribution in [2.45, 2.75) is 18.4 Å². The highest BCUT2D eigenvalue weighted by molar-refractivity contribution is 5.57. The Morgan fingerprint density at radius 1 is 0.680 bits per heavy atom. The number of hydrogen-bond acceptors (Lipinski definition) is 2. The molecule has 0 spiro atoms. The number of para-hydroxylation sites is 1. The first-order valence-corrected chi connectivity index (χ1v) is 8.42. The highest BCUT2D eigenvalue weighted by Gasteiger charge is 2.24. The van der Waals surface area contributed by atoms with E-state index in [1.807, 2.05) is 72.8 Å². The van der Waals surface area contributed by atoms with E-state index >= 15 is 0 Å². The number of hydrogen-bond donors (Lipinski definition) is 2. The predicted molar refractivity (Wildman–Crippen MR) is 102 cm³/mol. The minimum atomic E-state index is -1.04. The molecule has 0 aromatic heterocycles. The first-order chi connectivity index (χ1) is 12.1. The van der Waals surface area contributed by atoms with E-state index in [0.29, 0.717) is 18.4 Å². The number of phenols is 1. The largest absolute Gasteiger partial charge is 0.507 e. The summed E-state index contributed by atoms with van der Waals surface area (Å²) in [4.78, 5) is 0. The standard InChI is InChI=1S/C23H22O2/c24-22-14-8-7-13-21(22)15-16-23(25,17-19-9-3-1-4-10-19)18-20-11-5-2-6-12-20/h1-16,24-25H,17-18H2/b16-15+. The smallest absolute Gasteiger partial charge is 0.122 e. The molecule has 126 valence electrons. The lowest BCUT2D eigenvalue weighted by atomic mass is 9.87. The van der Waals surface area contributed by atoms with Crippen molar-refractivity contribution in [2.75, 3.05) is 0 Å². The molecule has 3 rings (SSSR count). The maximum absolute atomic E-state index is 11.3. The molecule has 0 fully saturated rings. The van der Waals surface area contributed by atoms with E-state index in [4.69, 9.17) is 0 Å². The van der Waals surface area contributed by atoms with Crippen molar-refractivity contribution in [1.82, 2.24) is 0 Å². The Bertz CT molecular complexity index is 781. The van der Waals surface area contributed by atoms with Gasteiger partial charge in [-0.1, -0.05) is 91.0 Å². The third-order valence-corrected chi connectivity index (χ3v) is 4.22. The molecule has 0 bridgehead atoms. The van der Waals surface area contributed by atoms with E-state index < -0.39 is 5.60 Å². The molecule has 3 aromatic carbocycles. The van der Waals surface area contributed by atoms with Gasteiger partial charge in [0.1, 0.15) is 5.75 Å². The van der Waals surface area contributed by atoms with E-state index in [-0.39, 0.29) is 5.75 Å². The van der Waals surface area contributed by atoms with Crippen molar-refractivity contribution in [3.8, 4) is 5.75 Å². The average molecular weight is 330 g/mol. The van der Waals surface area contributed by atoms with Crippen molar-refractivity contribution in [1.29, 1.82) is 0 Å². The molecule has 0 radical (unpaired) electrons. The van der Waals surface area contributed by atoms with Gasteiger partial charge in [0.15, 0.2) is 0 Å². The second-order valence-corrected chi connectivity index (χ2v) is 6.32. The minimum absolute atomic E-state index is 0.209. The summed E-state index contributed by atoms with van der Waals surface area (Å²) < 4.78 is 0. The number of rotatable bonds is 6. The molecule has 0 saturated heterocycles. The van der Waals surface area contributed by atoms with Crippen molar-refractivity contribution in [3.05, 3.63) is 108 Å². The zero-order chi connectivity index (χ0) is 17.5. The number of aliphatic hydroxyl groups is 1. The zero-order valence-electron chi connectivity index (χ0n) is 14.0. The van der Waals surface area contributed by atoms with Gasteiger partial charge in [0.05, 0.1) is 5.60 Å². The summed E-state index contributed by atoms with van der Waals surface area (Å²) in [5.74, 6) is 0.209. The van der Waals surface area contributed by atoms with Crippen LogP contribution in [0.4, 0.5) is 0 Å². The second-order valence-electron chi connectivity index (χ2n) is 6.32. The molecule has 0 heterocycles. The Morgan fingerprint density at radius 3 is 1.68 bits per heavy atom. The average Bonchev–Trinajstić information content (AvgIpc) is 2.63. The second kappa shape index (κ2) is 7.82. The van der Waals surface area contributed by atoms with Gasteiger partial charge in [-0.3, -0.25) is 0 Å². The molecule has 0 aliphatic carbocycles. The Balaban J connectivity index is 1.89. The van der Waals surface area contributed by atoms with Crippen LogP contribution in [0.25, 0.3) is 6.08 Å². The van der Waals surface area contributed by atoms with Crippen LogP contribution in [0.2, 0.25) is 0 Å². The SMILES string of the molecule is Oc1ccccc1/C=C/C(O)(Cc1ccccc1)Cc1ccccc1. The van der Waals surface area contributed by atoms with Gasteiger partial charge < -0.3 is 10.2 Å². The highest BCUT2D eigenvalue weighted by atomic mass is 16.3. The van der Waals surface area contributed by atoms with Crippen molar-refractivity contribution in [2.24, 2.45) is 0 Å². The molecule has 2 heteroatoms. The molecule has 0 unspecified atom stereocenters. The molecule has 0 saturated carbocycles. The van der Waals surface area contributed by atoms with E-state index in [2.05, 4.69) is 0 Å². The van der Waals surface area contributed by atoms with Gasteiger partial charge in [0, 0.05) is 18.4 Å². The fourth-order valence-electron chi connectivity index (χ4n) is 2.95. The van der Waals surface area contributed by atoms with Crippen LogP contribution in [0.15, 0.2) is 91.0 Å². The van der Waals surface area contributed by atoms with E-state index in [0.717, 1.165) is 11.1 Å². The van der Waals surface area contributed by atoms with E-state index in [1.54, 1.807) is 24.3 Å². The molecule has 25 heavy (non-hydrogen) atoms. The number of phenolic OH excluding ortho intramolecular Hbond substituents is 1. The fourth-order valence-corrected chi connectivity index (χ4v) is 2.95. The monoisotopic (exact) mass is 330 g/mol. The van der Waals surface area contributed by atoms with Gasteiger partial charge in [0.25, 0.3) is 0 Å². The Morgan fingerprint density at radius 2 is 1.16 bits per heavy atom. The maximum atomic E-state index is 11.3. The summed E-state index contributed by atoms with van der Waals surface area (Å²) in [5, 5.41) is 21.3. The first-order valence-electron chi connectivity index (χ1n) is 8.42. The van der Waals surface area contributed by atoms with Crippen LogP contribution < -0.4 is 0 Å². The highest BCUT2D eigenvalue weighted by Crippen LogP contribution is 2.24. The maximum Gasteiger partial charge on any atom is 0.122 e. The molecule has 2 nitrogen and oxygen atoms in total. The summed E-state index contributed by atoms with van der Waals surface area (Å²) in [6, 6.07) is 27.0. The molecule has 0 aliphatic heterocycles. The zero-order valence-corrected chi connectivity index (χ0v) is 14.0. The molecule has 3 aromatic rings. The summed E-state index contributed by atoms with van der Waals surface area (Å²) in [6.45, 7) is 0. The van der Waals surface area contributed by atoms with Crippen molar-refractivity contribution in [3.63, 3.8) is 0 Å². The molecule has 2 N–H and O–H groups in total. The van der Waals surface area contributed by atoms with Crippen LogP contribution in [0.3, 0.4) is 0 Å². The first kappa shape index (κ1) is 17.0. The quantitative estimate of drug-likeness (QED) is 0.692. The van der Waals surface area contributed by atoms with E-state index in [1.165, 1.54) is 0 Å². The number of aromatic hydroxyl groups is 1. The lowest BCUT2D eigenvalue weighted by molar-refractivity contribution is 0.0926. The lowest BCUT2D eigenvalue weighted by Gasteiger charge is -2.25. The summed E-state index contributed by atoms with van der Waals surface area (Å²) in [5.41, 5.74) is 1.80. The molecule has 0 atom stereocenters. The van der Waals surface area contributed by atoms with Gasteiger partial charge in [-0.05, 0) is 17.2 Å². The summed E-state index contributed by atoms with van der Waals surface area (Å²) in [6.07, 6.45) is 4.60. The molecular weight excluding hydrogens is 308 g/mol. The number of benzene rings is 3. The van der Waals surface area contributed by atoms with Crippen LogP contribution in [-0.2, 0) is 12.8 Å². The summed E-state index contributed by atoms with van der Waals surface area (Å²) in [7, 11) is 0. The van der Waals surface area contributed by atoms with Gasteiger partial charge in [0.2, 0.25) is 0 Å². The Kier molecular flexibility index (Phi) is 5.32. The van der Waals surface area contributed by atoms with Gasteiger partial charge in [-0.2, -0.15) is 0 Å². The predicted octanol–water partition coefficient (Wildman–Crippen LogP) is 4.62. The molecule has 0 amide bonds. The third-order valence-electron chi connectivity index (χ3n) is 4.22. The van der Waals surface area contributed by atoms with Crippen LogP contribution in [0, 0.1) is 0 Å². The Labute approximate surface area is 148 Å². The Hall–Kier alpha value is -2.84. The molecular formula is C23H22O2. The van der Waals surface area contributed by atoms with Crippen LogP contribution in [0.1, 0.15) is 16.7 Å². The van der Waals surface area contributed by atoms with Gasteiger partial charge >= 0.3 is 0 Å². The fraction of sp³-hybridized carbons (Fsp3) is 0.130. The van der Waals surface area contributed by atoms with Crippen LogP contribution >= 0.6 is 0 Å². The third kappa shape index (κ3) is 4.82. The van der Waals surface area contributed by atoms with Crippen LogP contribution in [-0.4, -0.2) is 15.8 Å². The normalized spacial score (nSPS) is 11.7. The minimum Gasteiger partial charge on any atom is -0.507 e. The van der Waals surface area contributed by atoms with Crippen molar-refractivity contribution < 1.29 is 10.2 Å². The molecule has 0 aliphatic rings. The van der Waals surface area contributed by atoms with Crippen molar-refractivity contribution >= 4 is 6.08 Å². The van der Waals surface area contributed by atoms with Crippen LogP contribution in [0.5, 0.6) is 5.75 Å².